The molecule has 0 aromatic heterocycles. The largest absolute Gasteiger partial charge is 0.316 e. The molecule has 1 N–H and O–H groups in total. The highest BCUT2D eigenvalue weighted by molar-refractivity contribution is 4.96. The predicted molar refractivity (Wildman–Crippen MR) is 53.7 cm³/mol. The molecule has 3 rings (SSSR count). The van der Waals surface area contributed by atoms with E-state index in [1.54, 1.807) is 0 Å². The summed E-state index contributed by atoms with van der Waals surface area (Å²) in [5.41, 5.74) is 0.736. The van der Waals surface area contributed by atoms with Gasteiger partial charge >= 0.3 is 0 Å². The third-order valence-corrected chi connectivity index (χ3v) is 4.13. The maximum Gasteiger partial charge on any atom is 0.00212 e. The van der Waals surface area contributed by atoms with Gasteiger partial charge in [-0.3, -0.25) is 0 Å². The van der Waals surface area contributed by atoms with Crippen LogP contribution in [0.3, 0.4) is 0 Å². The second-order valence-corrected chi connectivity index (χ2v) is 5.35. The highest BCUT2D eigenvalue weighted by Gasteiger charge is 2.40. The Labute approximate surface area is 80.7 Å². The SMILES string of the molecule is C1CC1CN1CCC2(CC1)CNC2. The molecular weight excluding hydrogens is 160 g/mol. The van der Waals surface area contributed by atoms with Gasteiger partial charge in [-0.25, -0.2) is 0 Å². The average molecular weight is 180 g/mol. The van der Waals surface area contributed by atoms with E-state index in [-0.39, 0.29) is 0 Å². The minimum absolute atomic E-state index is 0.736. The van der Waals surface area contributed by atoms with Crippen molar-refractivity contribution in [1.29, 1.82) is 0 Å². The summed E-state index contributed by atoms with van der Waals surface area (Å²) in [6.45, 7) is 6.74. The summed E-state index contributed by atoms with van der Waals surface area (Å²) in [6.07, 6.45) is 5.91. The smallest absolute Gasteiger partial charge is 0.00212 e. The maximum absolute atomic E-state index is 3.42. The lowest BCUT2D eigenvalue weighted by Gasteiger charge is -2.48. The monoisotopic (exact) mass is 180 g/mol. The molecule has 0 atom stereocenters. The topological polar surface area (TPSA) is 15.3 Å². The molecular formula is C11H20N2. The first-order valence-electron chi connectivity index (χ1n) is 5.79. The highest BCUT2D eigenvalue weighted by atomic mass is 15.1. The van der Waals surface area contributed by atoms with Crippen molar-refractivity contribution in [2.45, 2.75) is 25.7 Å². The van der Waals surface area contributed by atoms with Crippen LogP contribution in [-0.2, 0) is 0 Å². The summed E-state index contributed by atoms with van der Waals surface area (Å²) in [7, 11) is 0. The van der Waals surface area contributed by atoms with Crippen LogP contribution in [0.1, 0.15) is 25.7 Å². The molecule has 0 amide bonds. The van der Waals surface area contributed by atoms with Crippen molar-refractivity contribution >= 4 is 0 Å². The van der Waals surface area contributed by atoms with E-state index in [0.717, 1.165) is 11.3 Å². The minimum atomic E-state index is 0.736. The van der Waals surface area contributed by atoms with E-state index >= 15 is 0 Å². The molecule has 1 spiro atoms. The van der Waals surface area contributed by atoms with E-state index < -0.39 is 0 Å². The summed E-state index contributed by atoms with van der Waals surface area (Å²) in [5, 5.41) is 3.42. The van der Waals surface area contributed by atoms with Crippen LogP contribution < -0.4 is 5.32 Å². The van der Waals surface area contributed by atoms with Gasteiger partial charge in [0.1, 0.15) is 0 Å². The van der Waals surface area contributed by atoms with Gasteiger partial charge in [0.25, 0.3) is 0 Å². The molecule has 2 nitrogen and oxygen atoms in total. The quantitative estimate of drug-likeness (QED) is 0.684. The fraction of sp³-hybridized carbons (Fsp3) is 1.00. The Morgan fingerprint density at radius 3 is 2.31 bits per heavy atom. The number of rotatable bonds is 2. The van der Waals surface area contributed by atoms with Crippen LogP contribution >= 0.6 is 0 Å². The van der Waals surface area contributed by atoms with E-state index in [0.29, 0.717) is 0 Å². The second-order valence-electron chi connectivity index (χ2n) is 5.35. The molecule has 2 heterocycles. The Balaban J connectivity index is 1.48. The van der Waals surface area contributed by atoms with Crippen LogP contribution in [0.15, 0.2) is 0 Å². The van der Waals surface area contributed by atoms with Crippen molar-refractivity contribution in [2.75, 3.05) is 32.7 Å². The molecule has 0 bridgehead atoms. The standard InChI is InChI=1S/C11H20N2/c1-2-10(1)7-13-5-3-11(4-6-13)8-12-9-11/h10,12H,1-9H2. The molecule has 0 radical (unpaired) electrons. The summed E-state index contributed by atoms with van der Waals surface area (Å²) in [5.74, 6) is 1.08. The maximum atomic E-state index is 3.42. The van der Waals surface area contributed by atoms with Gasteiger partial charge in [-0.15, -0.1) is 0 Å². The van der Waals surface area contributed by atoms with Crippen LogP contribution in [-0.4, -0.2) is 37.6 Å². The number of piperidine rings is 1. The lowest BCUT2D eigenvalue weighted by molar-refractivity contribution is 0.0534. The third-order valence-electron chi connectivity index (χ3n) is 4.13. The molecule has 74 valence electrons. The predicted octanol–water partition coefficient (Wildman–Crippen LogP) is 1.08. The number of hydrogen-bond donors (Lipinski definition) is 1. The second kappa shape index (κ2) is 2.96. The molecule has 3 aliphatic rings. The van der Waals surface area contributed by atoms with E-state index in [1.165, 1.54) is 58.4 Å². The van der Waals surface area contributed by atoms with Gasteiger partial charge in [0, 0.05) is 19.6 Å². The normalized spacial score (nSPS) is 33.2. The minimum Gasteiger partial charge on any atom is -0.316 e. The van der Waals surface area contributed by atoms with Crippen molar-refractivity contribution in [3.63, 3.8) is 0 Å². The summed E-state index contributed by atoms with van der Waals surface area (Å²) in [6, 6.07) is 0. The van der Waals surface area contributed by atoms with Gasteiger partial charge in [0.2, 0.25) is 0 Å². The first kappa shape index (κ1) is 8.25. The van der Waals surface area contributed by atoms with Crippen molar-refractivity contribution in [1.82, 2.24) is 10.2 Å². The first-order valence-corrected chi connectivity index (χ1v) is 5.79. The van der Waals surface area contributed by atoms with Gasteiger partial charge in [0.05, 0.1) is 0 Å². The first-order chi connectivity index (χ1) is 6.36. The fourth-order valence-electron chi connectivity index (χ4n) is 2.71. The zero-order valence-corrected chi connectivity index (χ0v) is 8.39. The molecule has 1 aliphatic carbocycles. The van der Waals surface area contributed by atoms with Crippen LogP contribution in [0.2, 0.25) is 0 Å². The van der Waals surface area contributed by atoms with Crippen LogP contribution in [0, 0.1) is 11.3 Å². The van der Waals surface area contributed by atoms with Crippen molar-refractivity contribution < 1.29 is 0 Å². The molecule has 2 heteroatoms. The Kier molecular flexibility index (Phi) is 1.88. The molecule has 2 aliphatic heterocycles. The molecule has 3 fully saturated rings. The van der Waals surface area contributed by atoms with E-state index in [4.69, 9.17) is 0 Å². The van der Waals surface area contributed by atoms with Gasteiger partial charge in [-0.1, -0.05) is 0 Å². The van der Waals surface area contributed by atoms with Gasteiger partial charge in [-0.2, -0.15) is 0 Å². The Bertz CT molecular complexity index is 184. The molecule has 0 aromatic rings. The number of likely N-dealkylation sites (tertiary alicyclic amines) is 1. The number of hydrogen-bond acceptors (Lipinski definition) is 2. The molecule has 13 heavy (non-hydrogen) atoms. The van der Waals surface area contributed by atoms with Crippen molar-refractivity contribution in [3.8, 4) is 0 Å². The van der Waals surface area contributed by atoms with Gasteiger partial charge in [-0.05, 0) is 50.1 Å². The fourth-order valence-corrected chi connectivity index (χ4v) is 2.71. The Morgan fingerprint density at radius 2 is 1.85 bits per heavy atom. The van der Waals surface area contributed by atoms with Crippen LogP contribution in [0.4, 0.5) is 0 Å². The zero-order chi connectivity index (χ0) is 8.73. The number of nitrogens with one attached hydrogen (secondary N) is 1. The van der Waals surface area contributed by atoms with Gasteiger partial charge < -0.3 is 10.2 Å². The van der Waals surface area contributed by atoms with Crippen LogP contribution in [0.25, 0.3) is 0 Å². The Hall–Kier alpha value is -0.0800. The highest BCUT2D eigenvalue weighted by Crippen LogP contribution is 2.37. The lowest BCUT2D eigenvalue weighted by Crippen LogP contribution is -2.58. The van der Waals surface area contributed by atoms with E-state index in [2.05, 4.69) is 10.2 Å². The van der Waals surface area contributed by atoms with Crippen LogP contribution in [0.5, 0.6) is 0 Å². The summed E-state index contributed by atoms with van der Waals surface area (Å²) in [4.78, 5) is 2.70. The number of nitrogens with zero attached hydrogens (tertiary/aromatic N) is 1. The summed E-state index contributed by atoms with van der Waals surface area (Å²) < 4.78 is 0. The van der Waals surface area contributed by atoms with E-state index in [1.807, 2.05) is 0 Å². The van der Waals surface area contributed by atoms with Gasteiger partial charge in [0.15, 0.2) is 0 Å². The van der Waals surface area contributed by atoms with Crippen molar-refractivity contribution in [2.24, 2.45) is 11.3 Å². The van der Waals surface area contributed by atoms with Crippen molar-refractivity contribution in [3.05, 3.63) is 0 Å². The molecule has 2 saturated heterocycles. The average Bonchev–Trinajstić information content (AvgIpc) is 2.87. The Morgan fingerprint density at radius 1 is 1.15 bits per heavy atom. The lowest BCUT2D eigenvalue weighted by atomic mass is 9.73. The third kappa shape index (κ3) is 1.62. The summed E-state index contributed by atoms with van der Waals surface area (Å²) >= 11 is 0. The molecule has 0 unspecified atom stereocenters. The zero-order valence-electron chi connectivity index (χ0n) is 8.39. The molecule has 0 aromatic carbocycles. The molecule has 1 saturated carbocycles. The van der Waals surface area contributed by atoms with E-state index in [9.17, 15) is 0 Å².